The minimum Gasteiger partial charge on any atom is -0.325 e. The zero-order chi connectivity index (χ0) is 15.5. The van der Waals surface area contributed by atoms with E-state index in [4.69, 9.17) is 0 Å². The molecule has 124 valence electrons. The molecular weight excluding hydrogens is 332 g/mol. The Morgan fingerprint density at radius 3 is 2.87 bits per heavy atom. The number of aromatic nitrogens is 2. The molecule has 0 bridgehead atoms. The first-order valence-electron chi connectivity index (χ1n) is 7.32. The van der Waals surface area contributed by atoms with Crippen LogP contribution < -0.4 is 10.6 Å². The number of para-hydroxylation sites is 1. The Morgan fingerprint density at radius 2 is 2.17 bits per heavy atom. The fourth-order valence-corrected chi connectivity index (χ4v) is 3.46. The highest BCUT2D eigenvalue weighted by Gasteiger charge is 2.34. The first-order chi connectivity index (χ1) is 10.7. The van der Waals surface area contributed by atoms with Crippen molar-refractivity contribution in [2.75, 3.05) is 24.7 Å². The number of carbonyl (C=O) groups excluding carboxylic acids is 1. The van der Waals surface area contributed by atoms with Crippen molar-refractivity contribution in [2.45, 2.75) is 10.8 Å². The van der Waals surface area contributed by atoms with Crippen LogP contribution in [0.4, 0.5) is 5.69 Å². The lowest BCUT2D eigenvalue weighted by molar-refractivity contribution is -0.119. The van der Waals surface area contributed by atoms with Crippen LogP contribution in [0.2, 0.25) is 0 Å². The Hall–Kier alpha value is -1.50. The maximum atomic E-state index is 12.7. The van der Waals surface area contributed by atoms with Gasteiger partial charge in [0.25, 0.3) is 0 Å². The molecule has 1 fully saturated rings. The number of aryl methyl sites for hydroxylation is 1. The van der Waals surface area contributed by atoms with Gasteiger partial charge in [-0.05, 0) is 24.0 Å². The van der Waals surface area contributed by atoms with Gasteiger partial charge in [0, 0.05) is 37.1 Å². The molecule has 1 aromatic carbocycles. The molecule has 3 rings (SSSR count). The van der Waals surface area contributed by atoms with Crippen LogP contribution in [0.25, 0.3) is 0 Å². The number of hydrogen-bond acceptors (Lipinski definition) is 4. The summed E-state index contributed by atoms with van der Waals surface area (Å²) in [7, 11) is 1.90. The Kier molecular flexibility index (Phi) is 6.10. The fraction of sp³-hybridized carbons (Fsp3) is 0.375. The number of anilines is 1. The molecule has 1 amide bonds. The minimum atomic E-state index is -0.0703. The second-order valence-electron chi connectivity index (χ2n) is 5.51. The van der Waals surface area contributed by atoms with E-state index >= 15 is 0 Å². The van der Waals surface area contributed by atoms with Crippen LogP contribution in [0, 0.1) is 5.92 Å². The van der Waals surface area contributed by atoms with Crippen molar-refractivity contribution < 1.29 is 4.79 Å². The van der Waals surface area contributed by atoms with Gasteiger partial charge in [-0.15, -0.1) is 24.2 Å². The summed E-state index contributed by atoms with van der Waals surface area (Å²) in [6.07, 6.45) is 5.86. The minimum absolute atomic E-state index is 0. The molecule has 2 aromatic rings. The summed E-state index contributed by atoms with van der Waals surface area (Å²) in [6.45, 7) is 1.51. The van der Waals surface area contributed by atoms with Crippen molar-refractivity contribution in [2.24, 2.45) is 13.0 Å². The average molecular weight is 353 g/mol. The molecule has 5 nitrogen and oxygen atoms in total. The highest BCUT2D eigenvalue weighted by atomic mass is 35.5. The standard InChI is InChI=1S/C16H20N4OS.ClH/c1-20-10-11(7-18-20)12-8-17-9-13(12)16(21)19-14-5-3-4-6-15(14)22-2;/h3-7,10,12-13,17H,8-9H2,1-2H3,(H,19,21);1H/t12-,13+;/m1./s1. The van der Waals surface area contributed by atoms with Crippen LogP contribution in [0.1, 0.15) is 11.5 Å². The molecule has 2 heterocycles. The monoisotopic (exact) mass is 352 g/mol. The van der Waals surface area contributed by atoms with Crippen LogP contribution in [0.15, 0.2) is 41.6 Å². The average Bonchev–Trinajstić information content (AvgIpc) is 3.16. The van der Waals surface area contributed by atoms with Gasteiger partial charge in [0.2, 0.25) is 5.91 Å². The summed E-state index contributed by atoms with van der Waals surface area (Å²) < 4.78 is 1.78. The van der Waals surface area contributed by atoms with Gasteiger partial charge in [-0.1, -0.05) is 12.1 Å². The van der Waals surface area contributed by atoms with Gasteiger partial charge in [-0.3, -0.25) is 9.48 Å². The van der Waals surface area contributed by atoms with Crippen LogP contribution in [0.3, 0.4) is 0 Å². The number of thioether (sulfide) groups is 1. The summed E-state index contributed by atoms with van der Waals surface area (Å²) in [5.41, 5.74) is 2.00. The molecule has 23 heavy (non-hydrogen) atoms. The molecular formula is C16H21ClN4OS. The summed E-state index contributed by atoms with van der Waals surface area (Å²) in [4.78, 5) is 13.8. The van der Waals surface area contributed by atoms with Gasteiger partial charge in [-0.2, -0.15) is 5.10 Å². The van der Waals surface area contributed by atoms with E-state index in [0.717, 1.165) is 22.7 Å². The van der Waals surface area contributed by atoms with Crippen molar-refractivity contribution >= 4 is 35.8 Å². The van der Waals surface area contributed by atoms with Crippen molar-refractivity contribution in [1.29, 1.82) is 0 Å². The number of rotatable bonds is 4. The number of nitrogens with zero attached hydrogens (tertiary/aromatic N) is 2. The summed E-state index contributed by atoms with van der Waals surface area (Å²) >= 11 is 1.64. The molecule has 0 saturated carbocycles. The number of nitrogens with one attached hydrogen (secondary N) is 2. The van der Waals surface area contributed by atoms with Crippen LogP contribution in [-0.2, 0) is 11.8 Å². The molecule has 1 aliphatic heterocycles. The quantitative estimate of drug-likeness (QED) is 0.830. The first kappa shape index (κ1) is 17.8. The first-order valence-corrected chi connectivity index (χ1v) is 8.54. The lowest BCUT2D eigenvalue weighted by Gasteiger charge is -2.18. The molecule has 1 aliphatic rings. The van der Waals surface area contributed by atoms with Crippen molar-refractivity contribution in [3.8, 4) is 0 Å². The molecule has 0 aliphatic carbocycles. The number of benzene rings is 1. The zero-order valence-corrected chi connectivity index (χ0v) is 14.8. The SMILES string of the molecule is CSc1ccccc1NC(=O)[C@H]1CNC[C@@H]1c1cnn(C)c1.Cl. The van der Waals surface area contributed by atoms with E-state index < -0.39 is 0 Å². The Balaban J connectivity index is 0.00000192. The maximum Gasteiger partial charge on any atom is 0.229 e. The summed E-state index contributed by atoms with van der Waals surface area (Å²) in [5.74, 6) is 0.176. The molecule has 2 atom stereocenters. The van der Waals surface area contributed by atoms with Gasteiger partial charge < -0.3 is 10.6 Å². The summed E-state index contributed by atoms with van der Waals surface area (Å²) in [6, 6.07) is 7.90. The molecule has 0 spiro atoms. The maximum absolute atomic E-state index is 12.7. The van der Waals surface area contributed by atoms with E-state index in [1.807, 2.05) is 50.0 Å². The van der Waals surface area contributed by atoms with E-state index in [1.165, 1.54) is 0 Å². The van der Waals surface area contributed by atoms with Crippen LogP contribution >= 0.6 is 24.2 Å². The Bertz CT molecular complexity index is 676. The highest BCUT2D eigenvalue weighted by molar-refractivity contribution is 7.98. The highest BCUT2D eigenvalue weighted by Crippen LogP contribution is 2.30. The number of hydrogen-bond donors (Lipinski definition) is 2. The number of amides is 1. The number of carbonyl (C=O) groups is 1. The zero-order valence-electron chi connectivity index (χ0n) is 13.2. The molecule has 7 heteroatoms. The largest absolute Gasteiger partial charge is 0.325 e. The Morgan fingerprint density at radius 1 is 1.39 bits per heavy atom. The van der Waals surface area contributed by atoms with E-state index in [1.54, 1.807) is 16.4 Å². The third-order valence-corrected chi connectivity index (χ3v) is 4.86. The predicted molar refractivity (Wildman–Crippen MR) is 96.4 cm³/mol. The predicted octanol–water partition coefficient (Wildman–Crippen LogP) is 2.51. The fourth-order valence-electron chi connectivity index (χ4n) is 2.91. The van der Waals surface area contributed by atoms with Crippen molar-refractivity contribution in [1.82, 2.24) is 15.1 Å². The van der Waals surface area contributed by atoms with Gasteiger partial charge >= 0.3 is 0 Å². The number of halogens is 1. The van der Waals surface area contributed by atoms with Crippen molar-refractivity contribution in [3.63, 3.8) is 0 Å². The third kappa shape index (κ3) is 3.88. The Labute approximate surface area is 146 Å². The molecule has 0 radical (unpaired) electrons. The molecule has 1 aromatic heterocycles. The van der Waals surface area contributed by atoms with Gasteiger partial charge in [0.15, 0.2) is 0 Å². The lowest BCUT2D eigenvalue weighted by Crippen LogP contribution is -2.28. The smallest absolute Gasteiger partial charge is 0.229 e. The molecule has 1 saturated heterocycles. The lowest BCUT2D eigenvalue weighted by atomic mass is 9.90. The normalized spacial score (nSPS) is 20.1. The topological polar surface area (TPSA) is 59.0 Å². The van der Waals surface area contributed by atoms with Crippen LogP contribution in [-0.4, -0.2) is 35.0 Å². The third-order valence-electron chi connectivity index (χ3n) is 4.07. The molecule has 2 N–H and O–H groups in total. The van der Waals surface area contributed by atoms with Crippen LogP contribution in [0.5, 0.6) is 0 Å². The van der Waals surface area contributed by atoms with E-state index in [2.05, 4.69) is 15.7 Å². The molecule has 0 unspecified atom stereocenters. The van der Waals surface area contributed by atoms with Gasteiger partial charge in [0.1, 0.15) is 0 Å². The van der Waals surface area contributed by atoms with E-state index in [9.17, 15) is 4.79 Å². The van der Waals surface area contributed by atoms with Gasteiger partial charge in [-0.25, -0.2) is 0 Å². The second kappa shape index (κ2) is 7.86. The summed E-state index contributed by atoms with van der Waals surface area (Å²) in [5, 5.41) is 10.6. The van der Waals surface area contributed by atoms with E-state index in [0.29, 0.717) is 6.54 Å². The second-order valence-corrected chi connectivity index (χ2v) is 6.36. The van der Waals surface area contributed by atoms with Crippen molar-refractivity contribution in [3.05, 3.63) is 42.2 Å². The van der Waals surface area contributed by atoms with Gasteiger partial charge in [0.05, 0.1) is 17.8 Å². The van der Waals surface area contributed by atoms with E-state index in [-0.39, 0.29) is 30.2 Å².